The Kier molecular flexibility index (Phi) is 5.31. The Hall–Kier alpha value is -1.91. The lowest BCUT2D eigenvalue weighted by Crippen LogP contribution is -2.22. The lowest BCUT2D eigenvalue weighted by atomic mass is 10.1. The van der Waals surface area contributed by atoms with Gasteiger partial charge in [0, 0.05) is 23.7 Å². The van der Waals surface area contributed by atoms with Crippen molar-refractivity contribution in [3.8, 4) is 11.5 Å². The Morgan fingerprint density at radius 2 is 1.81 bits per heavy atom. The number of halogens is 1. The van der Waals surface area contributed by atoms with Crippen molar-refractivity contribution in [2.75, 3.05) is 0 Å². The average molecular weight is 289 g/mol. The van der Waals surface area contributed by atoms with E-state index < -0.39 is 0 Å². The van der Waals surface area contributed by atoms with Crippen LogP contribution in [0.2, 0.25) is 0 Å². The van der Waals surface area contributed by atoms with Crippen LogP contribution >= 0.6 is 0 Å². The summed E-state index contributed by atoms with van der Waals surface area (Å²) in [6, 6.07) is 12.2. The highest BCUT2D eigenvalue weighted by Gasteiger charge is 2.12. The Balaban J connectivity index is 2.29. The molecule has 0 aromatic heterocycles. The third-order valence-corrected chi connectivity index (χ3v) is 3.13. The Bertz CT molecular complexity index is 599. The minimum atomic E-state index is -0.304. The molecule has 2 N–H and O–H groups in total. The van der Waals surface area contributed by atoms with Crippen LogP contribution in [0.4, 0.5) is 4.39 Å². The van der Waals surface area contributed by atoms with E-state index in [4.69, 9.17) is 4.74 Å². The van der Waals surface area contributed by atoms with Crippen LogP contribution in [0.1, 0.15) is 25.0 Å². The zero-order valence-corrected chi connectivity index (χ0v) is 12.3. The maximum atomic E-state index is 14.0. The molecule has 0 unspecified atom stereocenters. The molecule has 2 rings (SSSR count). The standard InChI is InChI=1S/C17H20FNO2/c1-12(2)19-10-14-15(18)7-5-9-17(14)21-16-8-4-3-6-13(16)11-20/h3-9,12,19-20H,10-11H2,1-2H3. The number of para-hydroxylation sites is 1. The van der Waals surface area contributed by atoms with Crippen molar-refractivity contribution in [2.45, 2.75) is 33.0 Å². The number of hydrogen-bond acceptors (Lipinski definition) is 3. The molecule has 0 saturated carbocycles. The number of nitrogens with one attached hydrogen (secondary N) is 1. The van der Waals surface area contributed by atoms with Crippen molar-refractivity contribution in [1.82, 2.24) is 5.32 Å². The van der Waals surface area contributed by atoms with Crippen molar-refractivity contribution < 1.29 is 14.2 Å². The van der Waals surface area contributed by atoms with E-state index >= 15 is 0 Å². The molecule has 112 valence electrons. The van der Waals surface area contributed by atoms with Crippen molar-refractivity contribution >= 4 is 0 Å². The molecule has 2 aromatic rings. The van der Waals surface area contributed by atoms with Gasteiger partial charge in [-0.1, -0.05) is 38.1 Å². The summed E-state index contributed by atoms with van der Waals surface area (Å²) in [6.07, 6.45) is 0. The molecule has 0 spiro atoms. The van der Waals surface area contributed by atoms with E-state index in [9.17, 15) is 9.50 Å². The quantitative estimate of drug-likeness (QED) is 0.853. The highest BCUT2D eigenvalue weighted by Crippen LogP contribution is 2.29. The summed E-state index contributed by atoms with van der Waals surface area (Å²) in [5, 5.41) is 12.5. The molecule has 0 atom stereocenters. The summed E-state index contributed by atoms with van der Waals surface area (Å²) >= 11 is 0. The number of rotatable bonds is 6. The molecule has 0 aliphatic rings. The van der Waals surface area contributed by atoms with E-state index in [0.29, 0.717) is 29.2 Å². The van der Waals surface area contributed by atoms with Crippen LogP contribution in [0.5, 0.6) is 11.5 Å². The van der Waals surface area contributed by atoms with Gasteiger partial charge >= 0.3 is 0 Å². The van der Waals surface area contributed by atoms with Gasteiger partial charge in [-0.3, -0.25) is 0 Å². The van der Waals surface area contributed by atoms with Crippen LogP contribution < -0.4 is 10.1 Å². The van der Waals surface area contributed by atoms with E-state index in [-0.39, 0.29) is 18.5 Å². The normalized spacial score (nSPS) is 10.9. The molecule has 0 aliphatic carbocycles. The maximum absolute atomic E-state index is 14.0. The molecule has 2 aromatic carbocycles. The minimum absolute atomic E-state index is 0.120. The molecular weight excluding hydrogens is 269 g/mol. The molecule has 0 aliphatic heterocycles. The van der Waals surface area contributed by atoms with Gasteiger partial charge in [0.2, 0.25) is 0 Å². The van der Waals surface area contributed by atoms with Crippen molar-refractivity contribution in [2.24, 2.45) is 0 Å². The third kappa shape index (κ3) is 4.03. The Morgan fingerprint density at radius 1 is 1.10 bits per heavy atom. The first-order chi connectivity index (χ1) is 10.1. The summed E-state index contributed by atoms with van der Waals surface area (Å²) in [7, 11) is 0. The number of ether oxygens (including phenoxy) is 1. The van der Waals surface area contributed by atoms with Gasteiger partial charge in [0.25, 0.3) is 0 Å². The molecule has 0 bridgehead atoms. The van der Waals surface area contributed by atoms with Crippen molar-refractivity contribution in [1.29, 1.82) is 0 Å². The van der Waals surface area contributed by atoms with Crippen LogP contribution in [0.15, 0.2) is 42.5 Å². The minimum Gasteiger partial charge on any atom is -0.457 e. The molecule has 0 fully saturated rings. The van der Waals surface area contributed by atoms with E-state index in [0.717, 1.165) is 0 Å². The van der Waals surface area contributed by atoms with E-state index in [1.807, 2.05) is 26.0 Å². The topological polar surface area (TPSA) is 41.5 Å². The third-order valence-electron chi connectivity index (χ3n) is 3.13. The van der Waals surface area contributed by atoms with Gasteiger partial charge in [0.15, 0.2) is 0 Å². The molecule has 3 nitrogen and oxygen atoms in total. The molecule has 21 heavy (non-hydrogen) atoms. The summed E-state index contributed by atoms with van der Waals surface area (Å²) < 4.78 is 19.8. The largest absolute Gasteiger partial charge is 0.457 e. The van der Waals surface area contributed by atoms with Crippen LogP contribution in [-0.4, -0.2) is 11.1 Å². The highest BCUT2D eigenvalue weighted by atomic mass is 19.1. The number of benzene rings is 2. The lowest BCUT2D eigenvalue weighted by molar-refractivity contribution is 0.276. The number of aliphatic hydroxyl groups is 1. The second-order valence-electron chi connectivity index (χ2n) is 5.12. The summed E-state index contributed by atoms with van der Waals surface area (Å²) in [5.74, 6) is 0.697. The van der Waals surface area contributed by atoms with Gasteiger partial charge in [-0.05, 0) is 18.2 Å². The fourth-order valence-corrected chi connectivity index (χ4v) is 1.96. The zero-order chi connectivity index (χ0) is 15.2. The Labute approximate surface area is 124 Å². The highest BCUT2D eigenvalue weighted by molar-refractivity contribution is 5.41. The second kappa shape index (κ2) is 7.20. The van der Waals surface area contributed by atoms with Gasteiger partial charge in [-0.15, -0.1) is 0 Å². The smallest absolute Gasteiger partial charge is 0.134 e. The molecule has 0 radical (unpaired) electrons. The summed E-state index contributed by atoms with van der Waals surface area (Å²) in [4.78, 5) is 0. The van der Waals surface area contributed by atoms with Gasteiger partial charge in [-0.2, -0.15) is 0 Å². The first-order valence-electron chi connectivity index (χ1n) is 6.99. The van der Waals surface area contributed by atoms with Gasteiger partial charge < -0.3 is 15.2 Å². The average Bonchev–Trinajstić information content (AvgIpc) is 2.47. The lowest BCUT2D eigenvalue weighted by Gasteiger charge is -2.15. The van der Waals surface area contributed by atoms with E-state index in [1.54, 1.807) is 24.3 Å². The summed E-state index contributed by atoms with van der Waals surface area (Å²) in [6.45, 7) is 4.27. The monoisotopic (exact) mass is 289 g/mol. The van der Waals surface area contributed by atoms with Crippen LogP contribution in [0.25, 0.3) is 0 Å². The van der Waals surface area contributed by atoms with Crippen LogP contribution in [0.3, 0.4) is 0 Å². The Morgan fingerprint density at radius 3 is 2.52 bits per heavy atom. The number of aliphatic hydroxyl groups excluding tert-OH is 1. The molecule has 0 saturated heterocycles. The predicted octanol–water partition coefficient (Wildman–Crippen LogP) is 3.61. The number of hydrogen-bond donors (Lipinski definition) is 2. The molecule has 0 amide bonds. The fraction of sp³-hybridized carbons (Fsp3) is 0.294. The van der Waals surface area contributed by atoms with Gasteiger partial charge in [0.05, 0.1) is 6.61 Å². The van der Waals surface area contributed by atoms with E-state index in [2.05, 4.69) is 5.32 Å². The molecule has 0 heterocycles. The van der Waals surface area contributed by atoms with Crippen molar-refractivity contribution in [3.63, 3.8) is 0 Å². The molecule has 4 heteroatoms. The predicted molar refractivity (Wildman–Crippen MR) is 80.8 cm³/mol. The summed E-state index contributed by atoms with van der Waals surface area (Å²) in [5.41, 5.74) is 1.16. The van der Waals surface area contributed by atoms with Gasteiger partial charge in [-0.25, -0.2) is 4.39 Å². The molecular formula is C17H20FNO2. The maximum Gasteiger partial charge on any atom is 0.134 e. The van der Waals surface area contributed by atoms with Gasteiger partial charge in [0.1, 0.15) is 17.3 Å². The second-order valence-corrected chi connectivity index (χ2v) is 5.12. The zero-order valence-electron chi connectivity index (χ0n) is 12.3. The van der Waals surface area contributed by atoms with Crippen LogP contribution in [-0.2, 0) is 13.2 Å². The first-order valence-corrected chi connectivity index (χ1v) is 6.99. The van der Waals surface area contributed by atoms with Crippen LogP contribution in [0, 0.1) is 5.82 Å². The first kappa shape index (κ1) is 15.5. The fourth-order valence-electron chi connectivity index (χ4n) is 1.96. The SMILES string of the molecule is CC(C)NCc1c(F)cccc1Oc1ccccc1CO. The van der Waals surface area contributed by atoms with Crippen molar-refractivity contribution in [3.05, 3.63) is 59.4 Å². The van der Waals surface area contributed by atoms with E-state index in [1.165, 1.54) is 6.07 Å².